The Morgan fingerprint density at radius 1 is 1.50 bits per heavy atom. The van der Waals surface area contributed by atoms with E-state index in [9.17, 15) is 18.7 Å². The predicted octanol–water partition coefficient (Wildman–Crippen LogP) is 0.0946. The molecule has 1 rings (SSSR count). The van der Waals surface area contributed by atoms with Crippen molar-refractivity contribution in [1.82, 2.24) is 14.9 Å². The third kappa shape index (κ3) is 6.35. The number of carbonyl (C=O) groups excluding carboxylic acids is 2. The maximum atomic E-state index is 11.1. The minimum Gasteiger partial charge on any atom is -0.355 e. The molecular weight excluding hydrogens is 286 g/mol. The molecule has 0 aromatic carbocycles. The molecule has 0 aliphatic carbocycles. The minimum atomic E-state index is -2.72. The second kappa shape index (κ2) is 7.60. The second-order valence-corrected chi connectivity index (χ2v) is 6.54. The normalized spacial score (nSPS) is 23.8. The highest BCUT2D eigenvalue weighted by molar-refractivity contribution is 8.22. The molecule has 0 radical (unpaired) electrons. The van der Waals surface area contributed by atoms with Gasteiger partial charge in [0.05, 0.1) is 6.10 Å². The molecule has 1 aliphatic rings. The first-order valence-corrected chi connectivity index (χ1v) is 8.05. The molecule has 1 aliphatic heterocycles. The third-order valence-electron chi connectivity index (χ3n) is 2.79. The van der Waals surface area contributed by atoms with E-state index in [0.717, 1.165) is 12.8 Å². The number of carbonyl (C=O) groups is 2. The van der Waals surface area contributed by atoms with Crippen LogP contribution in [0.3, 0.4) is 0 Å². The van der Waals surface area contributed by atoms with E-state index >= 15 is 0 Å². The molecule has 2 atom stereocenters. The Bertz CT molecular complexity index is 372. The van der Waals surface area contributed by atoms with Crippen LogP contribution in [0.5, 0.6) is 0 Å². The molecule has 0 bridgehead atoms. The highest BCUT2D eigenvalue weighted by Gasteiger charge is 2.27. The molecule has 2 unspecified atom stereocenters. The number of nitrogens with zero attached hydrogens (tertiary/aromatic N) is 1. The summed E-state index contributed by atoms with van der Waals surface area (Å²) in [5.41, 5.74) is 0. The number of hydrogen-bond donors (Lipinski definition) is 4. The van der Waals surface area contributed by atoms with Gasteiger partial charge in [0.25, 0.3) is 5.91 Å². The van der Waals surface area contributed by atoms with Crippen LogP contribution in [0.15, 0.2) is 12.3 Å². The zero-order valence-electron chi connectivity index (χ0n) is 11.5. The summed E-state index contributed by atoms with van der Waals surface area (Å²) in [6, 6.07) is 0. The van der Waals surface area contributed by atoms with Gasteiger partial charge in [-0.15, -0.1) is 10.8 Å². The zero-order chi connectivity index (χ0) is 15.2. The van der Waals surface area contributed by atoms with E-state index in [0.29, 0.717) is 13.0 Å². The van der Waals surface area contributed by atoms with Gasteiger partial charge >= 0.3 is 0 Å². The quantitative estimate of drug-likeness (QED) is 0.390. The smallest absolute Gasteiger partial charge is 0.251 e. The minimum absolute atomic E-state index is 0.106. The Kier molecular flexibility index (Phi) is 6.43. The first-order valence-electron chi connectivity index (χ1n) is 6.09. The molecule has 4 N–H and O–H groups in total. The lowest BCUT2D eigenvalue weighted by atomic mass is 10.2. The fraction of sp³-hybridized carbons (Fsp3) is 0.636. The van der Waals surface area contributed by atoms with E-state index in [1.165, 1.54) is 18.5 Å². The Balaban J connectivity index is 2.35. The van der Waals surface area contributed by atoms with Crippen molar-refractivity contribution in [3.63, 3.8) is 0 Å². The van der Waals surface area contributed by atoms with Gasteiger partial charge in [-0.3, -0.25) is 24.0 Å². The highest BCUT2D eigenvalue weighted by atomic mass is 32.3. The summed E-state index contributed by atoms with van der Waals surface area (Å²) in [6.07, 6.45) is 5.69. The topological polar surface area (TPSA) is 111 Å². The van der Waals surface area contributed by atoms with Crippen LogP contribution in [0.25, 0.3) is 0 Å². The molecule has 1 heterocycles. The van der Waals surface area contributed by atoms with E-state index in [-0.39, 0.29) is 12.3 Å². The SMILES string of the molecule is CN(/C=C\C(=O)NC=O)C1CCC(CNS(C)(O)O)O1. The molecule has 0 aromatic rings. The van der Waals surface area contributed by atoms with Crippen LogP contribution in [-0.2, 0) is 14.3 Å². The van der Waals surface area contributed by atoms with Crippen LogP contribution in [0.1, 0.15) is 12.8 Å². The summed E-state index contributed by atoms with van der Waals surface area (Å²) in [6.45, 7) is 0.360. The van der Waals surface area contributed by atoms with E-state index in [1.807, 2.05) is 5.32 Å². The van der Waals surface area contributed by atoms with Crippen LogP contribution in [0.2, 0.25) is 0 Å². The van der Waals surface area contributed by atoms with Crippen LogP contribution >= 0.6 is 10.8 Å². The van der Waals surface area contributed by atoms with Gasteiger partial charge in [-0.05, 0) is 12.8 Å². The van der Waals surface area contributed by atoms with E-state index in [2.05, 4.69) is 4.72 Å². The molecule has 116 valence electrons. The van der Waals surface area contributed by atoms with Crippen molar-refractivity contribution in [3.8, 4) is 0 Å². The number of rotatable bonds is 7. The van der Waals surface area contributed by atoms with Gasteiger partial charge < -0.3 is 9.64 Å². The second-order valence-electron chi connectivity index (χ2n) is 4.58. The zero-order valence-corrected chi connectivity index (χ0v) is 12.3. The average molecular weight is 307 g/mol. The summed E-state index contributed by atoms with van der Waals surface area (Å²) in [5, 5.41) is 2.00. The molecular formula is C11H21N3O5S. The molecule has 9 heteroatoms. The maximum Gasteiger partial charge on any atom is 0.251 e. The largest absolute Gasteiger partial charge is 0.355 e. The van der Waals surface area contributed by atoms with Gasteiger partial charge in [-0.2, -0.15) is 0 Å². The van der Waals surface area contributed by atoms with Gasteiger partial charge in [0.15, 0.2) is 0 Å². The number of ether oxygens (including phenoxy) is 1. The van der Waals surface area contributed by atoms with Gasteiger partial charge in [0, 0.05) is 32.1 Å². The molecule has 0 aromatic heterocycles. The van der Waals surface area contributed by atoms with Crippen LogP contribution in [0.4, 0.5) is 0 Å². The van der Waals surface area contributed by atoms with E-state index < -0.39 is 16.7 Å². The molecule has 0 saturated carbocycles. The lowest BCUT2D eigenvalue weighted by molar-refractivity contribution is -0.121. The fourth-order valence-electron chi connectivity index (χ4n) is 1.77. The summed E-state index contributed by atoms with van der Waals surface area (Å²) >= 11 is 0. The maximum absolute atomic E-state index is 11.1. The van der Waals surface area contributed by atoms with Crippen molar-refractivity contribution in [1.29, 1.82) is 0 Å². The molecule has 8 nitrogen and oxygen atoms in total. The van der Waals surface area contributed by atoms with Crippen molar-refractivity contribution in [2.75, 3.05) is 19.8 Å². The highest BCUT2D eigenvalue weighted by Crippen LogP contribution is 2.29. The first-order chi connectivity index (χ1) is 9.31. The number of amides is 2. The van der Waals surface area contributed by atoms with E-state index in [4.69, 9.17) is 4.74 Å². The van der Waals surface area contributed by atoms with Crippen molar-refractivity contribution in [3.05, 3.63) is 12.3 Å². The fourth-order valence-corrected chi connectivity index (χ4v) is 2.28. The summed E-state index contributed by atoms with van der Waals surface area (Å²) in [7, 11) is -0.958. The Labute approximate surface area is 119 Å². The Morgan fingerprint density at radius 3 is 2.80 bits per heavy atom. The first kappa shape index (κ1) is 16.9. The molecule has 20 heavy (non-hydrogen) atoms. The predicted molar refractivity (Wildman–Crippen MR) is 75.8 cm³/mol. The molecule has 0 spiro atoms. The van der Waals surface area contributed by atoms with Crippen molar-refractivity contribution in [2.24, 2.45) is 0 Å². The average Bonchev–Trinajstić information content (AvgIpc) is 2.82. The molecule has 1 fully saturated rings. The number of imide groups is 1. The van der Waals surface area contributed by atoms with Gasteiger partial charge in [-0.25, -0.2) is 4.72 Å². The summed E-state index contributed by atoms with van der Waals surface area (Å²) in [4.78, 5) is 22.9. The lowest BCUT2D eigenvalue weighted by Crippen LogP contribution is -2.32. The van der Waals surface area contributed by atoms with Crippen molar-refractivity contribution in [2.45, 2.75) is 25.2 Å². The standard InChI is InChI=1S/C11H21N3O5S/c1-14(6-5-10(16)12-8-15)11-4-3-9(19-11)7-13-20(2,17)18/h5-6,8-9,11,13,17-18H,3-4,7H2,1-2H3,(H,12,15,16)/b6-5-. The molecule has 1 saturated heterocycles. The monoisotopic (exact) mass is 307 g/mol. The number of hydrogen-bond acceptors (Lipinski definition) is 7. The van der Waals surface area contributed by atoms with Gasteiger partial charge in [0.2, 0.25) is 6.41 Å². The van der Waals surface area contributed by atoms with E-state index in [1.54, 1.807) is 11.9 Å². The number of nitrogens with one attached hydrogen (secondary N) is 2. The Morgan fingerprint density at radius 2 is 2.20 bits per heavy atom. The third-order valence-corrected chi connectivity index (χ3v) is 3.50. The lowest BCUT2D eigenvalue weighted by Gasteiger charge is -2.29. The summed E-state index contributed by atoms with van der Waals surface area (Å²) in [5.74, 6) is -0.497. The summed E-state index contributed by atoms with van der Waals surface area (Å²) < 4.78 is 26.8. The van der Waals surface area contributed by atoms with Crippen LogP contribution < -0.4 is 10.0 Å². The van der Waals surface area contributed by atoms with Gasteiger partial charge in [-0.1, -0.05) is 0 Å². The van der Waals surface area contributed by atoms with Crippen LogP contribution in [0, 0.1) is 0 Å². The van der Waals surface area contributed by atoms with Crippen molar-refractivity contribution >= 4 is 23.1 Å². The molecule has 2 amide bonds. The Hall–Kier alpha value is -1.13. The van der Waals surface area contributed by atoms with Gasteiger partial charge in [0.1, 0.15) is 6.23 Å². The van der Waals surface area contributed by atoms with Crippen molar-refractivity contribution < 1.29 is 23.4 Å². The van der Waals surface area contributed by atoms with Crippen LogP contribution in [-0.4, -0.2) is 58.5 Å².